The lowest BCUT2D eigenvalue weighted by atomic mass is 9.79. The number of aromatic hydroxyl groups is 1. The highest BCUT2D eigenvalue weighted by Crippen LogP contribution is 2.39. The maximum atomic E-state index is 9.85. The highest BCUT2D eigenvalue weighted by molar-refractivity contribution is 5.57. The molecule has 0 spiro atoms. The Labute approximate surface area is 228 Å². The molecule has 1 atom stereocenters. The molecule has 2 N–H and O–H groups in total. The van der Waals surface area contributed by atoms with Crippen molar-refractivity contribution in [3.8, 4) is 11.5 Å². The van der Waals surface area contributed by atoms with Gasteiger partial charge in [0, 0.05) is 36.9 Å². The highest BCUT2D eigenvalue weighted by Gasteiger charge is 2.38. The lowest BCUT2D eigenvalue weighted by molar-refractivity contribution is 0.256. The van der Waals surface area contributed by atoms with Crippen molar-refractivity contribution in [3.63, 3.8) is 0 Å². The summed E-state index contributed by atoms with van der Waals surface area (Å²) in [6.07, 6.45) is 12.2. The molecule has 6 rings (SSSR count). The van der Waals surface area contributed by atoms with Gasteiger partial charge in [0.25, 0.3) is 0 Å². The normalized spacial score (nSPS) is 22.4. The van der Waals surface area contributed by atoms with E-state index in [1.54, 1.807) is 7.11 Å². The first-order valence-corrected chi connectivity index (χ1v) is 14.7. The zero-order valence-electron chi connectivity index (χ0n) is 22.8. The van der Waals surface area contributed by atoms with E-state index in [1.165, 1.54) is 72.2 Å². The summed E-state index contributed by atoms with van der Waals surface area (Å²) in [6, 6.07) is 23.4. The van der Waals surface area contributed by atoms with Gasteiger partial charge in [-0.3, -0.25) is 4.90 Å². The molecule has 0 aromatic heterocycles. The average molecular weight is 511 g/mol. The minimum atomic E-state index is 0.373. The van der Waals surface area contributed by atoms with Crippen LogP contribution in [0.3, 0.4) is 0 Å². The molecule has 3 aromatic rings. The second kappa shape index (κ2) is 11.4. The third-order valence-corrected chi connectivity index (χ3v) is 9.36. The van der Waals surface area contributed by atoms with Gasteiger partial charge in [0.15, 0.2) is 0 Å². The second-order valence-corrected chi connectivity index (χ2v) is 11.6. The highest BCUT2D eigenvalue weighted by atomic mass is 16.5. The number of hydrogen-bond acceptors (Lipinski definition) is 4. The Hall–Kier alpha value is -2.98. The zero-order chi connectivity index (χ0) is 25.9. The first kappa shape index (κ1) is 25.3. The number of nitrogens with zero attached hydrogens (tertiary/aromatic N) is 1. The Bertz CT molecular complexity index is 1220. The summed E-state index contributed by atoms with van der Waals surface area (Å²) in [4.78, 5) is 2.78. The van der Waals surface area contributed by atoms with E-state index in [9.17, 15) is 5.11 Å². The van der Waals surface area contributed by atoms with Gasteiger partial charge in [-0.15, -0.1) is 0 Å². The van der Waals surface area contributed by atoms with Crippen molar-refractivity contribution in [3.05, 3.63) is 88.5 Å². The molecule has 4 nitrogen and oxygen atoms in total. The largest absolute Gasteiger partial charge is 0.508 e. The molecule has 2 bridgehead atoms. The van der Waals surface area contributed by atoms with Gasteiger partial charge in [0.05, 0.1) is 7.11 Å². The van der Waals surface area contributed by atoms with Gasteiger partial charge < -0.3 is 15.2 Å². The summed E-state index contributed by atoms with van der Waals surface area (Å²) < 4.78 is 5.55. The van der Waals surface area contributed by atoms with Crippen LogP contribution in [0.4, 0.5) is 5.69 Å². The number of phenolic OH excluding ortho intramolecular Hbond substituents is 1. The molecular formula is C34H42N2O2. The number of rotatable bonds is 10. The lowest BCUT2D eigenvalue weighted by Crippen LogP contribution is -2.30. The summed E-state index contributed by atoms with van der Waals surface area (Å²) in [5, 5.41) is 13.6. The third-order valence-electron chi connectivity index (χ3n) is 9.36. The Balaban J connectivity index is 1.02. The molecule has 38 heavy (non-hydrogen) atoms. The second-order valence-electron chi connectivity index (χ2n) is 11.6. The van der Waals surface area contributed by atoms with Crippen LogP contribution < -0.4 is 10.1 Å². The molecular weight excluding hydrogens is 468 g/mol. The van der Waals surface area contributed by atoms with E-state index in [4.69, 9.17) is 4.74 Å². The quantitative estimate of drug-likeness (QED) is 0.292. The van der Waals surface area contributed by atoms with Crippen LogP contribution in [0.2, 0.25) is 0 Å². The van der Waals surface area contributed by atoms with Crippen LogP contribution in [0.25, 0.3) is 0 Å². The van der Waals surface area contributed by atoms with Crippen molar-refractivity contribution in [1.82, 2.24) is 4.90 Å². The van der Waals surface area contributed by atoms with Crippen LogP contribution in [-0.4, -0.2) is 42.3 Å². The van der Waals surface area contributed by atoms with Crippen molar-refractivity contribution >= 4 is 5.69 Å². The Kier molecular flexibility index (Phi) is 7.60. The maximum Gasteiger partial charge on any atom is 0.120 e. The fourth-order valence-electron chi connectivity index (χ4n) is 7.21. The molecule has 3 aromatic carbocycles. The molecule has 0 radical (unpaired) electrons. The van der Waals surface area contributed by atoms with Crippen LogP contribution >= 0.6 is 0 Å². The number of fused-ring (bicyclic) bond motifs is 3. The molecule has 0 amide bonds. The summed E-state index contributed by atoms with van der Waals surface area (Å²) in [5.74, 6) is 1.75. The molecule has 2 fully saturated rings. The zero-order valence-corrected chi connectivity index (χ0v) is 22.8. The molecule has 2 saturated heterocycles. The van der Waals surface area contributed by atoms with Gasteiger partial charge in [0.2, 0.25) is 0 Å². The first-order valence-electron chi connectivity index (χ1n) is 14.7. The minimum absolute atomic E-state index is 0.373. The molecule has 1 aliphatic carbocycles. The smallest absolute Gasteiger partial charge is 0.120 e. The topological polar surface area (TPSA) is 44.7 Å². The Morgan fingerprint density at radius 3 is 2.32 bits per heavy atom. The standard InChI is InChI=1S/C34H42N2O2/c1-38-32-16-17-33(28-9-8-27-22-31(37)15-10-26(27)21-28)34(23-32)35-19-2-3-24-4-6-25(7-5-24)18-20-36-29-11-12-30(36)14-13-29/h4-7,10,15-17,22-23,28-30,35,37H,2-3,8-9,11-14,18-21H2,1H3/t28-,29?,30?/m1/s1. The number of hydrogen-bond donors (Lipinski definition) is 2. The van der Waals surface area contributed by atoms with E-state index in [2.05, 4.69) is 58.7 Å². The van der Waals surface area contributed by atoms with Gasteiger partial charge in [0.1, 0.15) is 11.5 Å². The van der Waals surface area contributed by atoms with E-state index in [0.29, 0.717) is 11.7 Å². The monoisotopic (exact) mass is 510 g/mol. The molecule has 2 aliphatic heterocycles. The first-order chi connectivity index (χ1) is 18.7. The minimum Gasteiger partial charge on any atom is -0.508 e. The Morgan fingerprint density at radius 1 is 0.842 bits per heavy atom. The number of ether oxygens (including phenoxy) is 1. The summed E-state index contributed by atoms with van der Waals surface area (Å²) in [6.45, 7) is 2.17. The predicted molar refractivity (Wildman–Crippen MR) is 156 cm³/mol. The molecule has 0 unspecified atom stereocenters. The predicted octanol–water partition coefficient (Wildman–Crippen LogP) is 6.89. The molecule has 2 heterocycles. The van der Waals surface area contributed by atoms with Crippen LogP contribution in [0.5, 0.6) is 11.5 Å². The van der Waals surface area contributed by atoms with Crippen molar-refractivity contribution in [1.29, 1.82) is 0 Å². The van der Waals surface area contributed by atoms with Crippen LogP contribution in [0.1, 0.15) is 72.3 Å². The van der Waals surface area contributed by atoms with E-state index in [1.807, 2.05) is 12.1 Å². The SMILES string of the molecule is COc1ccc([C@@H]2CCc3cc(O)ccc3C2)c(NCCCc2ccc(CCN3C4CCC3CC4)cc2)c1. The number of benzene rings is 3. The summed E-state index contributed by atoms with van der Waals surface area (Å²) in [7, 11) is 1.74. The fourth-order valence-corrected chi connectivity index (χ4v) is 7.21. The molecule has 200 valence electrons. The van der Waals surface area contributed by atoms with E-state index >= 15 is 0 Å². The van der Waals surface area contributed by atoms with Gasteiger partial charge in [-0.1, -0.05) is 36.4 Å². The number of aryl methyl sites for hydroxylation is 2. The van der Waals surface area contributed by atoms with Gasteiger partial charge in [-0.25, -0.2) is 0 Å². The van der Waals surface area contributed by atoms with Gasteiger partial charge in [-0.05, 0) is 116 Å². The molecule has 3 aliphatic rings. The van der Waals surface area contributed by atoms with Crippen molar-refractivity contribution in [2.75, 3.05) is 25.5 Å². The number of nitrogens with one attached hydrogen (secondary N) is 1. The van der Waals surface area contributed by atoms with Crippen molar-refractivity contribution < 1.29 is 9.84 Å². The number of methoxy groups -OCH3 is 1. The fraction of sp³-hybridized carbons (Fsp3) is 0.471. The summed E-state index contributed by atoms with van der Waals surface area (Å²) >= 11 is 0. The van der Waals surface area contributed by atoms with E-state index < -0.39 is 0 Å². The number of phenols is 1. The van der Waals surface area contributed by atoms with Crippen LogP contribution in [-0.2, 0) is 25.7 Å². The third kappa shape index (κ3) is 5.56. The molecule has 0 saturated carbocycles. The average Bonchev–Trinajstić information content (AvgIpc) is 3.54. The van der Waals surface area contributed by atoms with Crippen LogP contribution in [0, 0.1) is 0 Å². The summed E-state index contributed by atoms with van der Waals surface area (Å²) in [5.41, 5.74) is 8.12. The molecule has 4 heteroatoms. The van der Waals surface area contributed by atoms with Crippen molar-refractivity contribution in [2.24, 2.45) is 0 Å². The van der Waals surface area contributed by atoms with E-state index in [-0.39, 0.29) is 0 Å². The van der Waals surface area contributed by atoms with Crippen LogP contribution in [0.15, 0.2) is 60.7 Å². The Morgan fingerprint density at radius 2 is 1.58 bits per heavy atom. The maximum absolute atomic E-state index is 9.85. The van der Waals surface area contributed by atoms with Gasteiger partial charge in [-0.2, -0.15) is 0 Å². The van der Waals surface area contributed by atoms with Gasteiger partial charge >= 0.3 is 0 Å². The van der Waals surface area contributed by atoms with E-state index in [0.717, 1.165) is 56.5 Å². The number of anilines is 1. The lowest BCUT2D eigenvalue weighted by Gasteiger charge is -2.27. The van der Waals surface area contributed by atoms with Crippen molar-refractivity contribution in [2.45, 2.75) is 82.2 Å².